The maximum absolute atomic E-state index is 9.87. The lowest BCUT2D eigenvalue weighted by Gasteiger charge is -2.37. The van der Waals surface area contributed by atoms with E-state index in [2.05, 4.69) is 24.1 Å². The van der Waals surface area contributed by atoms with E-state index in [1.807, 2.05) is 0 Å². The quantitative estimate of drug-likeness (QED) is 0.792. The number of hydrogen-bond donors (Lipinski definition) is 2. The minimum absolute atomic E-state index is 0. The minimum Gasteiger partial charge on any atom is -0.508 e. The lowest BCUT2D eigenvalue weighted by Crippen LogP contribution is -2.45. The van der Waals surface area contributed by atoms with Gasteiger partial charge in [-0.05, 0) is 12.3 Å². The Morgan fingerprint density at radius 2 is 1.58 bits per heavy atom. The molecular weight excluding hydrogens is 351 g/mol. The smallest absolute Gasteiger partial charge is 0.131 e. The minimum atomic E-state index is 0. The van der Waals surface area contributed by atoms with Crippen molar-refractivity contribution < 1.29 is 14.6 Å². The summed E-state index contributed by atoms with van der Waals surface area (Å²) in [6, 6.07) is 3.58. The maximum Gasteiger partial charge on any atom is 0.131 e. The van der Waals surface area contributed by atoms with Gasteiger partial charge < -0.3 is 19.9 Å². The number of aromatic hydroxyl groups is 1. The molecule has 0 unspecified atom stereocenters. The molecule has 1 aliphatic rings. The number of hydrogen-bond acceptors (Lipinski definition) is 5. The summed E-state index contributed by atoms with van der Waals surface area (Å²) in [5, 5.41) is 13.3. The molecule has 7 heteroatoms. The number of phenols is 1. The van der Waals surface area contributed by atoms with Gasteiger partial charge in [0.2, 0.25) is 0 Å². The molecule has 1 heterocycles. The normalized spacial score (nSPS) is 16.0. The van der Waals surface area contributed by atoms with Crippen molar-refractivity contribution in [3.8, 4) is 17.2 Å². The molecule has 1 atom stereocenters. The third kappa shape index (κ3) is 5.59. The first-order chi connectivity index (χ1) is 10.6. The van der Waals surface area contributed by atoms with Gasteiger partial charge in [0.1, 0.15) is 17.2 Å². The Hall–Kier alpha value is -0.880. The van der Waals surface area contributed by atoms with E-state index in [4.69, 9.17) is 9.47 Å². The van der Waals surface area contributed by atoms with E-state index in [1.54, 1.807) is 26.4 Å². The van der Waals surface area contributed by atoms with E-state index in [-0.39, 0.29) is 36.6 Å². The molecule has 1 aliphatic heterocycles. The number of methoxy groups -OCH3 is 2. The molecular formula is C17H30Cl2N2O3. The molecule has 1 saturated heterocycles. The van der Waals surface area contributed by atoms with Gasteiger partial charge in [0.25, 0.3) is 0 Å². The van der Waals surface area contributed by atoms with Crippen molar-refractivity contribution >= 4 is 24.8 Å². The fourth-order valence-electron chi connectivity index (χ4n) is 3.14. The molecule has 0 spiro atoms. The first-order valence-corrected chi connectivity index (χ1v) is 7.96. The van der Waals surface area contributed by atoms with Crippen molar-refractivity contribution in [2.24, 2.45) is 5.92 Å². The molecule has 0 amide bonds. The summed E-state index contributed by atoms with van der Waals surface area (Å²) in [5.74, 6) is 2.12. The molecule has 0 bridgehead atoms. The summed E-state index contributed by atoms with van der Waals surface area (Å²) in [5.41, 5.74) is 1.04. The lowest BCUT2D eigenvalue weighted by molar-refractivity contribution is 0.148. The van der Waals surface area contributed by atoms with Crippen LogP contribution >= 0.6 is 24.8 Å². The third-order valence-corrected chi connectivity index (χ3v) is 4.15. The topological polar surface area (TPSA) is 54.0 Å². The Balaban J connectivity index is 0.00000264. The van der Waals surface area contributed by atoms with Crippen LogP contribution in [0.5, 0.6) is 17.2 Å². The molecule has 1 aromatic carbocycles. The van der Waals surface area contributed by atoms with E-state index < -0.39 is 0 Å². The standard InChI is InChI=1S/C17H28N2O3.2ClH/c1-12(2)9-14(19-7-5-18-6-8-19)17-15(21-3)10-13(20)11-16(17)22-4;;/h10-12,14,18,20H,5-9H2,1-4H3;2*1H/t14-;;/m0../s1. The van der Waals surface area contributed by atoms with E-state index in [0.717, 1.165) is 38.2 Å². The van der Waals surface area contributed by atoms with Crippen LogP contribution in [0.3, 0.4) is 0 Å². The largest absolute Gasteiger partial charge is 0.508 e. The molecule has 0 aromatic heterocycles. The number of nitrogens with one attached hydrogen (secondary N) is 1. The highest BCUT2D eigenvalue weighted by Gasteiger charge is 2.29. The molecule has 5 nitrogen and oxygen atoms in total. The fourth-order valence-corrected chi connectivity index (χ4v) is 3.14. The van der Waals surface area contributed by atoms with Gasteiger partial charge in [0.05, 0.1) is 19.8 Å². The summed E-state index contributed by atoms with van der Waals surface area (Å²) in [7, 11) is 3.28. The van der Waals surface area contributed by atoms with Gasteiger partial charge in [0, 0.05) is 44.4 Å². The zero-order valence-corrected chi connectivity index (χ0v) is 16.5. The van der Waals surface area contributed by atoms with Crippen LogP contribution in [0.2, 0.25) is 0 Å². The summed E-state index contributed by atoms with van der Waals surface area (Å²) in [4.78, 5) is 2.48. The molecule has 0 aliphatic carbocycles. The molecule has 1 aromatic rings. The van der Waals surface area contributed by atoms with Gasteiger partial charge in [-0.15, -0.1) is 24.8 Å². The van der Waals surface area contributed by atoms with Gasteiger partial charge in [-0.2, -0.15) is 0 Å². The van der Waals surface area contributed by atoms with Crippen LogP contribution in [0.15, 0.2) is 12.1 Å². The van der Waals surface area contributed by atoms with Crippen LogP contribution in [0.1, 0.15) is 31.9 Å². The highest BCUT2D eigenvalue weighted by molar-refractivity contribution is 5.85. The second-order valence-electron chi connectivity index (χ2n) is 6.20. The predicted molar refractivity (Wildman–Crippen MR) is 102 cm³/mol. The van der Waals surface area contributed by atoms with E-state index in [9.17, 15) is 5.11 Å². The van der Waals surface area contributed by atoms with Gasteiger partial charge >= 0.3 is 0 Å². The molecule has 0 radical (unpaired) electrons. The molecule has 140 valence electrons. The van der Waals surface area contributed by atoms with Crippen LogP contribution in [-0.4, -0.2) is 50.4 Å². The van der Waals surface area contributed by atoms with E-state index in [1.165, 1.54) is 0 Å². The predicted octanol–water partition coefficient (Wildman–Crippen LogP) is 3.25. The summed E-state index contributed by atoms with van der Waals surface area (Å²) in [6.07, 6.45) is 1.03. The molecule has 0 saturated carbocycles. The SMILES string of the molecule is COc1cc(O)cc(OC)c1[C@H](CC(C)C)N1CCNCC1.Cl.Cl. The second kappa shape index (κ2) is 10.9. The number of rotatable bonds is 6. The first-order valence-electron chi connectivity index (χ1n) is 7.96. The molecule has 24 heavy (non-hydrogen) atoms. The molecule has 2 N–H and O–H groups in total. The average Bonchev–Trinajstić information content (AvgIpc) is 2.52. The van der Waals surface area contributed by atoms with Gasteiger partial charge in [-0.3, -0.25) is 4.90 Å². The van der Waals surface area contributed by atoms with E-state index in [0.29, 0.717) is 17.4 Å². The highest BCUT2D eigenvalue weighted by atomic mass is 35.5. The third-order valence-electron chi connectivity index (χ3n) is 4.15. The van der Waals surface area contributed by atoms with Crippen LogP contribution in [-0.2, 0) is 0 Å². The van der Waals surface area contributed by atoms with Gasteiger partial charge in [-0.1, -0.05) is 13.8 Å². The summed E-state index contributed by atoms with van der Waals surface area (Å²) in [6.45, 7) is 8.47. The van der Waals surface area contributed by atoms with Crippen molar-refractivity contribution in [2.45, 2.75) is 26.3 Å². The second-order valence-corrected chi connectivity index (χ2v) is 6.20. The Morgan fingerprint density at radius 1 is 1.08 bits per heavy atom. The van der Waals surface area contributed by atoms with Crippen molar-refractivity contribution in [1.82, 2.24) is 10.2 Å². The van der Waals surface area contributed by atoms with Crippen molar-refractivity contribution in [3.63, 3.8) is 0 Å². The van der Waals surface area contributed by atoms with Crippen molar-refractivity contribution in [3.05, 3.63) is 17.7 Å². The monoisotopic (exact) mass is 380 g/mol. The number of nitrogens with zero attached hydrogens (tertiary/aromatic N) is 1. The van der Waals surface area contributed by atoms with Crippen LogP contribution in [0.25, 0.3) is 0 Å². The number of phenolic OH excluding ortho intramolecular Hbond substituents is 1. The van der Waals surface area contributed by atoms with Crippen LogP contribution in [0.4, 0.5) is 0 Å². The van der Waals surface area contributed by atoms with Gasteiger partial charge in [0.15, 0.2) is 0 Å². The summed E-state index contributed by atoms with van der Waals surface area (Å²) < 4.78 is 11.1. The van der Waals surface area contributed by atoms with Gasteiger partial charge in [-0.25, -0.2) is 0 Å². The number of ether oxygens (including phenoxy) is 2. The lowest BCUT2D eigenvalue weighted by atomic mass is 9.93. The highest BCUT2D eigenvalue weighted by Crippen LogP contribution is 2.42. The fraction of sp³-hybridized carbons (Fsp3) is 0.647. The van der Waals surface area contributed by atoms with Crippen LogP contribution < -0.4 is 14.8 Å². The number of benzene rings is 1. The van der Waals surface area contributed by atoms with Crippen LogP contribution in [0, 0.1) is 5.92 Å². The summed E-state index contributed by atoms with van der Waals surface area (Å²) >= 11 is 0. The Morgan fingerprint density at radius 3 is 2.00 bits per heavy atom. The Labute approximate surface area is 157 Å². The zero-order valence-electron chi connectivity index (χ0n) is 14.9. The molecule has 1 fully saturated rings. The molecule has 2 rings (SSSR count). The maximum atomic E-state index is 9.87. The Kier molecular flexibility index (Phi) is 10.5. The average molecular weight is 381 g/mol. The Bertz CT molecular complexity index is 470. The van der Waals surface area contributed by atoms with E-state index >= 15 is 0 Å². The number of piperazine rings is 1. The first kappa shape index (κ1) is 23.1. The van der Waals surface area contributed by atoms with Crippen molar-refractivity contribution in [2.75, 3.05) is 40.4 Å². The zero-order chi connectivity index (χ0) is 16.1. The number of halogens is 2. The van der Waals surface area contributed by atoms with Crippen molar-refractivity contribution in [1.29, 1.82) is 0 Å².